The molecule has 1 heterocycles. The van der Waals surface area contributed by atoms with E-state index in [0.717, 1.165) is 17.6 Å². The third-order valence-electron chi connectivity index (χ3n) is 9.62. The number of amides is 3. The SMILES string of the molecule is COc1ccc(N(C)C(=O)C(Cc2cc(F)cc(F)c2)NC(=O)CN(Cc2ccc(F)cc2)C(=O)Cc2ccc(B3OC(C)(C)C(C)(C)O3)cc2)cc1. The van der Waals surface area contributed by atoms with Gasteiger partial charge in [0.25, 0.3) is 0 Å². The molecule has 13 heteroatoms. The van der Waals surface area contributed by atoms with Crippen LogP contribution in [0.2, 0.25) is 0 Å². The van der Waals surface area contributed by atoms with Crippen molar-refractivity contribution in [2.45, 2.75) is 64.3 Å². The molecule has 4 aromatic rings. The summed E-state index contributed by atoms with van der Waals surface area (Å²) < 4.78 is 59.5. The van der Waals surface area contributed by atoms with Gasteiger partial charge in [-0.25, -0.2) is 13.2 Å². The predicted molar refractivity (Wildman–Crippen MR) is 196 cm³/mol. The Morgan fingerprint density at radius 1 is 0.774 bits per heavy atom. The van der Waals surface area contributed by atoms with Crippen molar-refractivity contribution < 1.29 is 41.6 Å². The lowest BCUT2D eigenvalue weighted by atomic mass is 9.79. The molecule has 0 aliphatic carbocycles. The Kier molecular flexibility index (Phi) is 12.0. The van der Waals surface area contributed by atoms with Gasteiger partial charge in [-0.15, -0.1) is 0 Å². The second-order valence-electron chi connectivity index (χ2n) is 14.1. The molecule has 1 fully saturated rings. The number of halogens is 3. The number of likely N-dealkylation sites (N-methyl/N-ethyl adjacent to an activating group) is 1. The predicted octanol–water partition coefficient (Wildman–Crippen LogP) is 5.37. The molecular formula is C40H43BF3N3O6. The average molecular weight is 730 g/mol. The zero-order chi connectivity index (χ0) is 38.5. The Morgan fingerprint density at radius 2 is 1.34 bits per heavy atom. The number of nitrogens with one attached hydrogen (secondary N) is 1. The van der Waals surface area contributed by atoms with E-state index in [-0.39, 0.29) is 24.9 Å². The van der Waals surface area contributed by atoms with Crippen LogP contribution in [0.5, 0.6) is 5.75 Å². The minimum atomic E-state index is -1.26. The van der Waals surface area contributed by atoms with Crippen molar-refractivity contribution in [3.63, 3.8) is 0 Å². The Balaban J connectivity index is 1.35. The van der Waals surface area contributed by atoms with Crippen LogP contribution in [0.4, 0.5) is 18.9 Å². The van der Waals surface area contributed by atoms with Crippen LogP contribution >= 0.6 is 0 Å². The van der Waals surface area contributed by atoms with Gasteiger partial charge in [-0.1, -0.05) is 36.4 Å². The highest BCUT2D eigenvalue weighted by Gasteiger charge is 2.51. The molecule has 9 nitrogen and oxygen atoms in total. The lowest BCUT2D eigenvalue weighted by Gasteiger charge is -2.32. The fraction of sp³-hybridized carbons (Fsp3) is 0.325. The highest BCUT2D eigenvalue weighted by molar-refractivity contribution is 6.62. The zero-order valence-corrected chi connectivity index (χ0v) is 30.6. The number of hydrogen-bond acceptors (Lipinski definition) is 6. The average Bonchev–Trinajstić information content (AvgIpc) is 3.33. The van der Waals surface area contributed by atoms with Crippen LogP contribution in [-0.4, -0.2) is 67.7 Å². The van der Waals surface area contributed by atoms with Crippen molar-refractivity contribution in [2.75, 3.05) is 25.6 Å². The summed E-state index contributed by atoms with van der Waals surface area (Å²) in [6.07, 6.45) is -0.302. The standard InChI is InChI=1S/C40H43BF3N3O6/c1-39(2)40(3,4)53-41(52-39)29-11-7-26(8-12-29)22-37(49)47(24-27-9-13-30(42)14-10-27)25-36(48)45-35(21-28-19-31(43)23-32(44)20-28)38(50)46(5)33-15-17-34(51-6)18-16-33/h7-20,23,35H,21-22,24-25H2,1-6H3,(H,45,48). The normalized spacial score (nSPS) is 15.1. The summed E-state index contributed by atoms with van der Waals surface area (Å²) in [7, 11) is 2.44. The number of ether oxygens (including phenoxy) is 1. The van der Waals surface area contributed by atoms with Gasteiger partial charge in [0.05, 0.1) is 31.3 Å². The number of carbonyl (C=O) groups is 3. The molecule has 1 saturated heterocycles. The fourth-order valence-corrected chi connectivity index (χ4v) is 5.85. The monoisotopic (exact) mass is 729 g/mol. The number of carbonyl (C=O) groups excluding carboxylic acids is 3. The Hall–Kier alpha value is -5.14. The van der Waals surface area contributed by atoms with Crippen LogP contribution in [-0.2, 0) is 43.1 Å². The van der Waals surface area contributed by atoms with Crippen LogP contribution in [0.25, 0.3) is 0 Å². The summed E-state index contributed by atoms with van der Waals surface area (Å²) in [5.41, 5.74) is 1.63. The molecule has 53 heavy (non-hydrogen) atoms. The van der Waals surface area contributed by atoms with Gasteiger partial charge in [-0.3, -0.25) is 14.4 Å². The van der Waals surface area contributed by atoms with Crippen LogP contribution in [0.15, 0.2) is 91.0 Å². The molecule has 0 radical (unpaired) electrons. The first kappa shape index (κ1) is 39.1. The number of benzene rings is 4. The molecule has 1 unspecified atom stereocenters. The molecule has 1 aliphatic rings. The summed E-state index contributed by atoms with van der Waals surface area (Å²) in [5.74, 6) is -3.20. The van der Waals surface area contributed by atoms with E-state index in [1.807, 2.05) is 39.8 Å². The summed E-state index contributed by atoms with van der Waals surface area (Å²) >= 11 is 0. The molecule has 0 spiro atoms. The molecule has 278 valence electrons. The largest absolute Gasteiger partial charge is 0.497 e. The molecule has 5 rings (SSSR count). The molecule has 1 aliphatic heterocycles. The van der Waals surface area contributed by atoms with Crippen molar-refractivity contribution in [1.82, 2.24) is 10.2 Å². The Morgan fingerprint density at radius 3 is 1.91 bits per heavy atom. The van der Waals surface area contributed by atoms with Crippen LogP contribution in [0, 0.1) is 17.5 Å². The quantitative estimate of drug-likeness (QED) is 0.186. The molecular weight excluding hydrogens is 686 g/mol. The smallest absolute Gasteiger partial charge is 0.494 e. The first-order chi connectivity index (χ1) is 25.0. The van der Waals surface area contributed by atoms with Gasteiger partial charge in [0.1, 0.15) is 29.2 Å². The third kappa shape index (κ3) is 9.85. The van der Waals surface area contributed by atoms with E-state index in [1.54, 1.807) is 36.4 Å². The lowest BCUT2D eigenvalue weighted by molar-refractivity contribution is -0.136. The van der Waals surface area contributed by atoms with Gasteiger partial charge in [-0.05, 0) is 98.4 Å². The number of nitrogens with zero attached hydrogens (tertiary/aromatic N) is 2. The number of methoxy groups -OCH3 is 1. The van der Waals surface area contributed by atoms with E-state index < -0.39 is 66.1 Å². The number of rotatable bonds is 13. The zero-order valence-electron chi connectivity index (χ0n) is 30.6. The minimum Gasteiger partial charge on any atom is -0.497 e. The summed E-state index contributed by atoms with van der Waals surface area (Å²) in [6, 6.07) is 21.0. The molecule has 0 saturated carbocycles. The van der Waals surface area contributed by atoms with Gasteiger partial charge in [0, 0.05) is 31.8 Å². The first-order valence-electron chi connectivity index (χ1n) is 17.2. The minimum absolute atomic E-state index is 0.0298. The second kappa shape index (κ2) is 16.3. The van der Waals surface area contributed by atoms with Gasteiger partial charge in [0.15, 0.2) is 0 Å². The molecule has 4 aromatic carbocycles. The summed E-state index contributed by atoms with van der Waals surface area (Å²) in [6.45, 7) is 7.36. The molecule has 1 atom stereocenters. The van der Waals surface area contributed by atoms with Crippen molar-refractivity contribution in [3.05, 3.63) is 125 Å². The lowest BCUT2D eigenvalue weighted by Crippen LogP contribution is -2.51. The summed E-state index contributed by atoms with van der Waals surface area (Å²) in [4.78, 5) is 44.0. The topological polar surface area (TPSA) is 97.4 Å². The van der Waals surface area contributed by atoms with E-state index in [4.69, 9.17) is 14.0 Å². The van der Waals surface area contributed by atoms with Gasteiger partial charge < -0.3 is 29.2 Å². The van der Waals surface area contributed by atoms with Crippen LogP contribution in [0.3, 0.4) is 0 Å². The Bertz CT molecular complexity index is 1890. The van der Waals surface area contributed by atoms with Crippen molar-refractivity contribution >= 4 is 36.0 Å². The maximum absolute atomic E-state index is 14.2. The number of anilines is 1. The van der Waals surface area contributed by atoms with E-state index in [0.29, 0.717) is 28.6 Å². The van der Waals surface area contributed by atoms with E-state index in [2.05, 4.69) is 5.32 Å². The van der Waals surface area contributed by atoms with Crippen LogP contribution < -0.4 is 20.4 Å². The maximum atomic E-state index is 14.2. The van der Waals surface area contributed by atoms with E-state index in [9.17, 15) is 27.6 Å². The molecule has 3 amide bonds. The first-order valence-corrected chi connectivity index (χ1v) is 17.2. The van der Waals surface area contributed by atoms with E-state index in [1.165, 1.54) is 48.2 Å². The molecule has 0 bridgehead atoms. The number of hydrogen-bond donors (Lipinski definition) is 1. The highest BCUT2D eigenvalue weighted by Crippen LogP contribution is 2.36. The van der Waals surface area contributed by atoms with Gasteiger partial charge >= 0.3 is 7.12 Å². The summed E-state index contributed by atoms with van der Waals surface area (Å²) in [5, 5.41) is 2.69. The third-order valence-corrected chi connectivity index (χ3v) is 9.62. The van der Waals surface area contributed by atoms with Crippen molar-refractivity contribution in [2.24, 2.45) is 0 Å². The van der Waals surface area contributed by atoms with Gasteiger partial charge in [0.2, 0.25) is 17.7 Å². The Labute approximate surface area is 308 Å². The van der Waals surface area contributed by atoms with Gasteiger partial charge in [-0.2, -0.15) is 0 Å². The van der Waals surface area contributed by atoms with E-state index >= 15 is 0 Å². The van der Waals surface area contributed by atoms with Crippen LogP contribution in [0.1, 0.15) is 44.4 Å². The second-order valence-corrected chi connectivity index (χ2v) is 14.1. The molecule has 0 aromatic heterocycles. The molecule has 1 N–H and O–H groups in total. The van der Waals surface area contributed by atoms with Crippen molar-refractivity contribution in [3.8, 4) is 5.75 Å². The maximum Gasteiger partial charge on any atom is 0.494 e. The highest BCUT2D eigenvalue weighted by atomic mass is 19.1. The van der Waals surface area contributed by atoms with Crippen molar-refractivity contribution in [1.29, 1.82) is 0 Å². The fourth-order valence-electron chi connectivity index (χ4n) is 5.85.